The van der Waals surface area contributed by atoms with Crippen LogP contribution in [0.3, 0.4) is 0 Å². The molecule has 0 aromatic heterocycles. The Hall–Kier alpha value is -3.77. The zero-order valence-electron chi connectivity index (χ0n) is 20.0. The van der Waals surface area contributed by atoms with E-state index in [4.69, 9.17) is 9.47 Å². The van der Waals surface area contributed by atoms with E-state index in [1.54, 1.807) is 31.4 Å². The number of allylic oxidation sites excluding steroid dienone is 1. The van der Waals surface area contributed by atoms with E-state index < -0.39 is 23.7 Å². The number of amides is 2. The molecule has 0 saturated heterocycles. The minimum atomic E-state index is -1.21. The van der Waals surface area contributed by atoms with Crippen LogP contribution in [-0.4, -0.2) is 37.8 Å². The van der Waals surface area contributed by atoms with Gasteiger partial charge in [0.1, 0.15) is 11.7 Å². The van der Waals surface area contributed by atoms with Crippen LogP contribution in [0.25, 0.3) is 0 Å². The Kier molecular flexibility index (Phi) is 8.55. The third-order valence-corrected chi connectivity index (χ3v) is 6.68. The highest BCUT2D eigenvalue weighted by Gasteiger charge is 2.44. The van der Waals surface area contributed by atoms with Crippen LogP contribution in [0.5, 0.6) is 5.75 Å². The number of carbonyl (C=O) groups excluding carboxylic acids is 3. The topological polar surface area (TPSA) is 118 Å². The summed E-state index contributed by atoms with van der Waals surface area (Å²) in [5.41, 5.74) is 2.54. The number of thioether (sulfide) groups is 1. The Bertz CT molecular complexity index is 1170. The highest BCUT2D eigenvalue weighted by atomic mass is 32.2. The summed E-state index contributed by atoms with van der Waals surface area (Å²) < 4.78 is 9.98. The Labute approximate surface area is 208 Å². The first kappa shape index (κ1) is 25.8. The van der Waals surface area contributed by atoms with Gasteiger partial charge in [0.2, 0.25) is 11.8 Å². The van der Waals surface area contributed by atoms with Gasteiger partial charge >= 0.3 is 5.97 Å². The lowest BCUT2D eigenvalue weighted by molar-refractivity contribution is -0.150. The maximum atomic E-state index is 12.9. The van der Waals surface area contributed by atoms with Gasteiger partial charge in [-0.2, -0.15) is 5.26 Å². The summed E-state index contributed by atoms with van der Waals surface area (Å²) in [6.07, 6.45) is 0. The maximum absolute atomic E-state index is 12.9. The minimum absolute atomic E-state index is 0.0469. The van der Waals surface area contributed by atoms with Gasteiger partial charge in [-0.25, -0.2) is 0 Å². The molecule has 0 radical (unpaired) electrons. The molecular formula is C26H27N3O5S. The quantitative estimate of drug-likeness (QED) is 0.423. The van der Waals surface area contributed by atoms with Crippen LogP contribution in [0.2, 0.25) is 0 Å². The van der Waals surface area contributed by atoms with Crippen molar-refractivity contribution in [2.24, 2.45) is 5.92 Å². The van der Waals surface area contributed by atoms with Crippen LogP contribution in [0.15, 0.2) is 59.1 Å². The normalized spacial score (nSPS) is 17.4. The standard InChI is InChI=1S/C26H27N3O5S/c1-15(2)16-5-7-17(8-6-16)22-20(13-27)25(29-24(31)23(22)26(32)34-4)35-14-21(30)28-18-9-11-19(33-3)12-10-18/h5-12,15,22-23H,14H2,1-4H3,(H,28,30)(H,29,31)/t22-,23+/m0/s1. The van der Waals surface area contributed by atoms with E-state index in [2.05, 4.69) is 30.6 Å². The van der Waals surface area contributed by atoms with Crippen molar-refractivity contribution < 1.29 is 23.9 Å². The summed E-state index contributed by atoms with van der Waals surface area (Å²) in [7, 11) is 2.76. The number of nitrogens with zero attached hydrogens (tertiary/aromatic N) is 1. The molecular weight excluding hydrogens is 466 g/mol. The third-order valence-electron chi connectivity index (χ3n) is 5.67. The Morgan fingerprint density at radius 2 is 1.77 bits per heavy atom. The monoisotopic (exact) mass is 493 g/mol. The fourth-order valence-electron chi connectivity index (χ4n) is 3.78. The molecule has 2 N–H and O–H groups in total. The molecule has 3 rings (SSSR count). The Balaban J connectivity index is 1.87. The number of hydrogen-bond acceptors (Lipinski definition) is 7. The number of esters is 1. The van der Waals surface area contributed by atoms with Crippen molar-refractivity contribution in [1.29, 1.82) is 5.26 Å². The van der Waals surface area contributed by atoms with E-state index in [0.29, 0.717) is 22.9 Å². The van der Waals surface area contributed by atoms with E-state index in [1.165, 1.54) is 7.11 Å². The molecule has 9 heteroatoms. The summed E-state index contributed by atoms with van der Waals surface area (Å²) in [5, 5.41) is 15.7. The van der Waals surface area contributed by atoms with Crippen molar-refractivity contribution in [2.45, 2.75) is 25.7 Å². The first-order chi connectivity index (χ1) is 16.8. The number of carbonyl (C=O) groups is 3. The Morgan fingerprint density at radius 1 is 1.11 bits per heavy atom. The number of hydrogen-bond donors (Lipinski definition) is 2. The highest BCUT2D eigenvalue weighted by Crippen LogP contribution is 2.40. The molecule has 1 aliphatic rings. The van der Waals surface area contributed by atoms with Gasteiger partial charge in [-0.1, -0.05) is 49.9 Å². The minimum Gasteiger partial charge on any atom is -0.497 e. The molecule has 0 spiro atoms. The van der Waals surface area contributed by atoms with Gasteiger partial charge in [0, 0.05) is 11.6 Å². The van der Waals surface area contributed by atoms with Crippen LogP contribution in [0.4, 0.5) is 5.69 Å². The van der Waals surface area contributed by atoms with Crippen LogP contribution in [-0.2, 0) is 19.1 Å². The van der Waals surface area contributed by atoms with Gasteiger partial charge in [-0.3, -0.25) is 14.4 Å². The first-order valence-corrected chi connectivity index (χ1v) is 12.0. The lowest BCUT2D eigenvalue weighted by atomic mass is 9.78. The molecule has 35 heavy (non-hydrogen) atoms. The average Bonchev–Trinajstić information content (AvgIpc) is 2.87. The molecule has 2 amide bonds. The van der Waals surface area contributed by atoms with E-state index in [-0.39, 0.29) is 22.3 Å². The second-order valence-corrected chi connectivity index (χ2v) is 9.19. The molecule has 1 aliphatic heterocycles. The zero-order chi connectivity index (χ0) is 25.5. The SMILES string of the molecule is COC(=O)[C@H]1C(=O)NC(SCC(=O)Nc2ccc(OC)cc2)=C(C#N)[C@@H]1c1ccc(C(C)C)cc1. The molecule has 0 saturated carbocycles. The number of rotatable bonds is 8. The zero-order valence-corrected chi connectivity index (χ0v) is 20.8. The van der Waals surface area contributed by atoms with Crippen molar-refractivity contribution in [2.75, 3.05) is 25.3 Å². The number of ether oxygens (including phenoxy) is 2. The van der Waals surface area contributed by atoms with Gasteiger partial charge in [0.25, 0.3) is 0 Å². The molecule has 0 fully saturated rings. The summed E-state index contributed by atoms with van der Waals surface area (Å²) >= 11 is 1.03. The van der Waals surface area contributed by atoms with Crippen molar-refractivity contribution in [1.82, 2.24) is 5.32 Å². The number of nitriles is 1. The van der Waals surface area contributed by atoms with Crippen molar-refractivity contribution in [3.8, 4) is 11.8 Å². The smallest absolute Gasteiger partial charge is 0.319 e. The molecule has 0 unspecified atom stereocenters. The number of nitrogens with one attached hydrogen (secondary N) is 2. The summed E-state index contributed by atoms with van der Waals surface area (Å²) in [4.78, 5) is 38.0. The molecule has 2 atom stereocenters. The van der Waals surface area contributed by atoms with Gasteiger partial charge in [-0.05, 0) is 41.3 Å². The summed E-state index contributed by atoms with van der Waals surface area (Å²) in [5.74, 6) is -2.73. The molecule has 182 valence electrons. The van der Waals surface area contributed by atoms with E-state index in [0.717, 1.165) is 17.3 Å². The largest absolute Gasteiger partial charge is 0.497 e. The van der Waals surface area contributed by atoms with Crippen molar-refractivity contribution >= 4 is 35.2 Å². The van der Waals surface area contributed by atoms with Crippen LogP contribution in [0, 0.1) is 17.2 Å². The molecule has 1 heterocycles. The summed E-state index contributed by atoms with van der Waals surface area (Å²) in [6.45, 7) is 4.12. The predicted molar refractivity (Wildman–Crippen MR) is 134 cm³/mol. The maximum Gasteiger partial charge on any atom is 0.319 e. The van der Waals surface area contributed by atoms with E-state index in [9.17, 15) is 19.6 Å². The number of anilines is 1. The van der Waals surface area contributed by atoms with Crippen molar-refractivity contribution in [3.63, 3.8) is 0 Å². The second kappa shape index (κ2) is 11.6. The van der Waals surface area contributed by atoms with Gasteiger partial charge in [-0.15, -0.1) is 0 Å². The highest BCUT2D eigenvalue weighted by molar-refractivity contribution is 8.03. The lowest BCUT2D eigenvalue weighted by Crippen LogP contribution is -2.44. The van der Waals surface area contributed by atoms with Crippen molar-refractivity contribution in [3.05, 3.63) is 70.3 Å². The molecule has 8 nitrogen and oxygen atoms in total. The molecule has 2 aromatic rings. The fraction of sp³-hybridized carbons (Fsp3) is 0.308. The van der Waals surface area contributed by atoms with Crippen LogP contribution < -0.4 is 15.4 Å². The summed E-state index contributed by atoms with van der Waals surface area (Å²) in [6, 6.07) is 16.5. The fourth-order valence-corrected chi connectivity index (χ4v) is 4.63. The van der Waals surface area contributed by atoms with Crippen LogP contribution >= 0.6 is 11.8 Å². The van der Waals surface area contributed by atoms with E-state index in [1.807, 2.05) is 24.3 Å². The van der Waals surface area contributed by atoms with E-state index >= 15 is 0 Å². The predicted octanol–water partition coefficient (Wildman–Crippen LogP) is 3.93. The second-order valence-electron chi connectivity index (χ2n) is 8.21. The molecule has 2 aromatic carbocycles. The van der Waals surface area contributed by atoms with Crippen LogP contribution in [0.1, 0.15) is 36.8 Å². The third kappa shape index (κ3) is 6.03. The van der Waals surface area contributed by atoms with Gasteiger partial charge in [0.15, 0.2) is 0 Å². The molecule has 0 aliphatic carbocycles. The first-order valence-electron chi connectivity index (χ1n) is 11.0. The number of methoxy groups -OCH3 is 2. The molecule has 0 bridgehead atoms. The van der Waals surface area contributed by atoms with Gasteiger partial charge in [0.05, 0.1) is 36.6 Å². The number of benzene rings is 2. The average molecular weight is 494 g/mol. The van der Waals surface area contributed by atoms with Gasteiger partial charge < -0.3 is 20.1 Å². The lowest BCUT2D eigenvalue weighted by Gasteiger charge is -2.31. The Morgan fingerprint density at radius 3 is 2.31 bits per heavy atom.